The number of morpholine rings is 1. The third kappa shape index (κ3) is 2.71. The number of aromatic nitrogens is 1. The monoisotopic (exact) mass is 331 g/mol. The van der Waals surface area contributed by atoms with Crippen LogP contribution in [0.1, 0.15) is 5.76 Å². The maximum Gasteiger partial charge on any atom is 0.290 e. The molecule has 2 aromatic heterocycles. The highest BCUT2D eigenvalue weighted by molar-refractivity contribution is 8.18. The third-order valence-electron chi connectivity index (χ3n) is 3.69. The number of pyridine rings is 1. The maximum atomic E-state index is 11.6. The molecule has 0 spiro atoms. The second-order valence-electron chi connectivity index (χ2n) is 5.18. The fourth-order valence-corrected chi connectivity index (χ4v) is 3.28. The Kier molecular flexibility index (Phi) is 3.55. The lowest BCUT2D eigenvalue weighted by atomic mass is 10.2. The number of rotatable bonds is 2. The molecule has 2 amide bonds. The van der Waals surface area contributed by atoms with E-state index in [-0.39, 0.29) is 5.24 Å². The first-order valence-electron chi connectivity index (χ1n) is 7.16. The molecular weight excluding hydrogens is 318 g/mol. The highest BCUT2D eigenvalue weighted by Crippen LogP contribution is 2.32. The Morgan fingerprint density at radius 1 is 1.26 bits per heavy atom. The quantitative estimate of drug-likeness (QED) is 0.842. The summed E-state index contributed by atoms with van der Waals surface area (Å²) < 4.78 is 11.3. The summed E-state index contributed by atoms with van der Waals surface area (Å²) in [6.07, 6.45) is 5.07. The Morgan fingerprint density at radius 2 is 2.09 bits per heavy atom. The number of carbonyl (C=O) groups is 2. The molecule has 1 N–H and O–H groups in total. The number of nitrogens with one attached hydrogen (secondary N) is 1. The second kappa shape index (κ2) is 5.71. The zero-order chi connectivity index (χ0) is 15.8. The minimum atomic E-state index is -0.396. The van der Waals surface area contributed by atoms with Crippen LogP contribution < -0.4 is 10.2 Å². The molecule has 23 heavy (non-hydrogen) atoms. The van der Waals surface area contributed by atoms with Gasteiger partial charge in [-0.25, -0.2) is 0 Å². The molecule has 4 rings (SSSR count). The molecule has 118 valence electrons. The summed E-state index contributed by atoms with van der Waals surface area (Å²) in [5, 5.41) is 2.71. The van der Waals surface area contributed by atoms with E-state index in [9.17, 15) is 9.59 Å². The molecule has 2 aliphatic heterocycles. The number of carbonyl (C=O) groups excluding carboxylic acids is 2. The highest BCUT2D eigenvalue weighted by atomic mass is 32.2. The van der Waals surface area contributed by atoms with Crippen LogP contribution in [0.4, 0.5) is 10.5 Å². The lowest BCUT2D eigenvalue weighted by Gasteiger charge is -2.28. The molecule has 7 nitrogen and oxygen atoms in total. The third-order valence-corrected chi connectivity index (χ3v) is 4.50. The van der Waals surface area contributed by atoms with Gasteiger partial charge < -0.3 is 14.1 Å². The molecule has 0 unspecified atom stereocenters. The van der Waals surface area contributed by atoms with Gasteiger partial charge in [-0.3, -0.25) is 19.9 Å². The Hall–Kier alpha value is -2.32. The molecule has 2 aliphatic rings. The minimum Gasteiger partial charge on any atom is -0.454 e. The van der Waals surface area contributed by atoms with Crippen LogP contribution in [0.3, 0.4) is 0 Å². The van der Waals surface area contributed by atoms with Crippen LogP contribution in [0, 0.1) is 0 Å². The zero-order valence-corrected chi connectivity index (χ0v) is 12.9. The summed E-state index contributed by atoms with van der Waals surface area (Å²) in [4.78, 5) is 29.6. The van der Waals surface area contributed by atoms with Gasteiger partial charge >= 0.3 is 0 Å². The van der Waals surface area contributed by atoms with E-state index < -0.39 is 5.91 Å². The first-order chi connectivity index (χ1) is 11.2. The molecule has 0 atom stereocenters. The van der Waals surface area contributed by atoms with Crippen LogP contribution in [0.2, 0.25) is 0 Å². The van der Waals surface area contributed by atoms with Crippen LogP contribution in [-0.4, -0.2) is 42.4 Å². The van der Waals surface area contributed by atoms with Crippen molar-refractivity contribution < 1.29 is 18.7 Å². The van der Waals surface area contributed by atoms with Crippen molar-refractivity contribution in [2.24, 2.45) is 0 Å². The Labute approximate surface area is 135 Å². The maximum absolute atomic E-state index is 11.6. The summed E-state index contributed by atoms with van der Waals surface area (Å²) in [5.41, 5.74) is 1.64. The number of amides is 2. The number of fused-ring (bicyclic) bond motifs is 1. The van der Waals surface area contributed by atoms with E-state index in [1.54, 1.807) is 18.5 Å². The number of anilines is 1. The smallest absolute Gasteiger partial charge is 0.290 e. The van der Waals surface area contributed by atoms with Gasteiger partial charge in [0.2, 0.25) is 0 Å². The summed E-state index contributed by atoms with van der Waals surface area (Å²) in [7, 11) is 0. The standard InChI is InChI=1S/C15H13N3O4S/c19-14-12(23-15(20)17-14)6-10-5-9-7-16-8-11(13(9)22-10)18-1-3-21-4-2-18/h5-8H,1-4H2,(H,17,19,20)/b12-6+. The van der Waals surface area contributed by atoms with E-state index in [1.165, 1.54) is 0 Å². The molecule has 8 heteroatoms. The molecule has 0 aromatic carbocycles. The fraction of sp³-hybridized carbons (Fsp3) is 0.267. The molecule has 2 saturated heterocycles. The summed E-state index contributed by atoms with van der Waals surface area (Å²) in [6, 6.07) is 1.82. The van der Waals surface area contributed by atoms with Gasteiger partial charge in [-0.2, -0.15) is 0 Å². The van der Waals surface area contributed by atoms with Crippen LogP contribution in [0.25, 0.3) is 17.0 Å². The van der Waals surface area contributed by atoms with Crippen LogP contribution in [-0.2, 0) is 9.53 Å². The van der Waals surface area contributed by atoms with Crippen LogP contribution >= 0.6 is 11.8 Å². The molecule has 0 bridgehead atoms. The van der Waals surface area contributed by atoms with E-state index in [2.05, 4.69) is 15.2 Å². The van der Waals surface area contributed by atoms with Gasteiger partial charge in [0, 0.05) is 30.7 Å². The number of thioether (sulfide) groups is 1. The van der Waals surface area contributed by atoms with Crippen molar-refractivity contribution in [2.45, 2.75) is 0 Å². The highest BCUT2D eigenvalue weighted by Gasteiger charge is 2.26. The Morgan fingerprint density at radius 3 is 2.83 bits per heavy atom. The number of imide groups is 1. The number of nitrogens with zero attached hydrogens (tertiary/aromatic N) is 2. The van der Waals surface area contributed by atoms with E-state index in [4.69, 9.17) is 9.15 Å². The number of hydrogen-bond donors (Lipinski definition) is 1. The normalized spacial score (nSPS) is 20.5. The minimum absolute atomic E-state index is 0.329. The number of furan rings is 1. The predicted molar refractivity (Wildman–Crippen MR) is 86.1 cm³/mol. The van der Waals surface area contributed by atoms with Crippen LogP contribution in [0.15, 0.2) is 27.8 Å². The summed E-state index contributed by atoms with van der Waals surface area (Å²) in [5.74, 6) is 0.127. The van der Waals surface area contributed by atoms with Gasteiger partial charge in [0.05, 0.1) is 30.0 Å². The molecule has 2 aromatic rings. The van der Waals surface area contributed by atoms with Crippen molar-refractivity contribution in [3.63, 3.8) is 0 Å². The number of hydrogen-bond acceptors (Lipinski definition) is 7. The second-order valence-corrected chi connectivity index (χ2v) is 6.19. The SMILES string of the molecule is O=C1NC(=O)/C(=C\c2cc3cncc(N4CCOCC4)c3o2)S1. The first-order valence-corrected chi connectivity index (χ1v) is 7.97. The Bertz CT molecular complexity index is 823. The van der Waals surface area contributed by atoms with Crippen molar-refractivity contribution in [3.05, 3.63) is 29.1 Å². The van der Waals surface area contributed by atoms with E-state index >= 15 is 0 Å². The topological polar surface area (TPSA) is 84.7 Å². The van der Waals surface area contributed by atoms with Crippen LogP contribution in [0.5, 0.6) is 0 Å². The fourth-order valence-electron chi connectivity index (χ4n) is 2.62. The van der Waals surface area contributed by atoms with E-state index in [0.29, 0.717) is 23.9 Å². The van der Waals surface area contributed by atoms with Crippen molar-refractivity contribution in [1.29, 1.82) is 0 Å². The first kappa shape index (κ1) is 14.3. The molecule has 0 aliphatic carbocycles. The molecular formula is C15H13N3O4S. The lowest BCUT2D eigenvalue weighted by Crippen LogP contribution is -2.36. The largest absolute Gasteiger partial charge is 0.454 e. The van der Waals surface area contributed by atoms with Gasteiger partial charge in [0.1, 0.15) is 5.76 Å². The molecule has 0 saturated carbocycles. The molecule has 0 radical (unpaired) electrons. The molecule has 4 heterocycles. The van der Waals surface area contributed by atoms with Crippen molar-refractivity contribution in [3.8, 4) is 0 Å². The van der Waals surface area contributed by atoms with Crippen molar-refractivity contribution >= 4 is 45.6 Å². The van der Waals surface area contributed by atoms with Crippen molar-refractivity contribution in [2.75, 3.05) is 31.2 Å². The van der Waals surface area contributed by atoms with Gasteiger partial charge in [-0.05, 0) is 17.8 Å². The van der Waals surface area contributed by atoms with Gasteiger partial charge in [0.25, 0.3) is 11.1 Å². The van der Waals surface area contributed by atoms with Gasteiger partial charge in [0.15, 0.2) is 5.58 Å². The summed E-state index contributed by atoms with van der Waals surface area (Å²) in [6.45, 7) is 2.91. The Balaban J connectivity index is 1.72. The lowest BCUT2D eigenvalue weighted by molar-refractivity contribution is -0.115. The predicted octanol–water partition coefficient (Wildman–Crippen LogP) is 1.99. The average Bonchev–Trinajstić information content (AvgIpc) is 3.10. The van der Waals surface area contributed by atoms with Gasteiger partial charge in [-0.15, -0.1) is 0 Å². The summed E-state index contributed by atoms with van der Waals surface area (Å²) >= 11 is 0.870. The number of ether oxygens (including phenoxy) is 1. The van der Waals surface area contributed by atoms with E-state index in [1.807, 2.05) is 6.07 Å². The average molecular weight is 331 g/mol. The van der Waals surface area contributed by atoms with Gasteiger partial charge in [-0.1, -0.05) is 0 Å². The van der Waals surface area contributed by atoms with E-state index in [0.717, 1.165) is 41.5 Å². The molecule has 2 fully saturated rings. The van der Waals surface area contributed by atoms with Crippen molar-refractivity contribution in [1.82, 2.24) is 10.3 Å². The zero-order valence-electron chi connectivity index (χ0n) is 12.1.